The Hall–Kier alpha value is -1.88. The summed E-state index contributed by atoms with van der Waals surface area (Å²) in [6.45, 7) is 4.03. The molecule has 1 atom stereocenters. The van der Waals surface area contributed by atoms with Gasteiger partial charge < -0.3 is 5.32 Å². The lowest BCUT2D eigenvalue weighted by Crippen LogP contribution is -2.23. The maximum absolute atomic E-state index is 12.0. The Balaban J connectivity index is 1.76. The predicted molar refractivity (Wildman–Crippen MR) is 97.3 cm³/mol. The summed E-state index contributed by atoms with van der Waals surface area (Å²) < 4.78 is 0. The van der Waals surface area contributed by atoms with E-state index in [1.807, 2.05) is 6.92 Å². The van der Waals surface area contributed by atoms with Crippen molar-refractivity contribution in [3.8, 4) is 0 Å². The van der Waals surface area contributed by atoms with Crippen LogP contribution in [0.5, 0.6) is 0 Å². The number of nitrogens with zero attached hydrogens (tertiary/aromatic N) is 1. The van der Waals surface area contributed by atoms with E-state index in [1.165, 1.54) is 6.42 Å². The first kappa shape index (κ1) is 18.5. The van der Waals surface area contributed by atoms with Crippen LogP contribution in [0.4, 0.5) is 5.69 Å². The topological polar surface area (TPSA) is 70.6 Å². The molecular weight excluding hydrogens is 326 g/mol. The number of hydrogen-bond acceptors (Lipinski definition) is 3. The number of amides is 2. The van der Waals surface area contributed by atoms with Crippen LogP contribution in [0.2, 0.25) is 5.02 Å². The van der Waals surface area contributed by atoms with Crippen molar-refractivity contribution in [3.63, 3.8) is 0 Å². The van der Waals surface area contributed by atoms with E-state index >= 15 is 0 Å². The summed E-state index contributed by atoms with van der Waals surface area (Å²) in [7, 11) is 0. The number of anilines is 1. The molecule has 1 aromatic rings. The summed E-state index contributed by atoms with van der Waals surface area (Å²) >= 11 is 6.02. The van der Waals surface area contributed by atoms with Crippen LogP contribution in [0.25, 0.3) is 0 Å². The number of rotatable bonds is 5. The monoisotopic (exact) mass is 349 g/mol. The van der Waals surface area contributed by atoms with Crippen molar-refractivity contribution in [2.75, 3.05) is 5.32 Å². The molecule has 24 heavy (non-hydrogen) atoms. The predicted octanol–water partition coefficient (Wildman–Crippen LogP) is 4.05. The quantitative estimate of drug-likeness (QED) is 0.787. The molecule has 0 unspecified atom stereocenters. The van der Waals surface area contributed by atoms with E-state index < -0.39 is 0 Å². The first-order valence-electron chi connectivity index (χ1n) is 8.35. The third-order valence-corrected chi connectivity index (χ3v) is 4.62. The molecule has 0 saturated heterocycles. The standard InChI is InChI=1S/C18H24ClN3O2/c1-12-5-3-6-14(11-12)21-22-18(24)10-9-17(23)20-16-8-4-7-15(19)13(16)2/h4,7-8,12H,3,5-6,9-11H2,1-2H3,(H,20,23)(H,22,24)/b21-14+/t12-/m1/s1. The average molecular weight is 350 g/mol. The zero-order valence-corrected chi connectivity index (χ0v) is 14.9. The number of benzene rings is 1. The third-order valence-electron chi connectivity index (χ3n) is 4.21. The molecule has 1 aliphatic rings. The van der Waals surface area contributed by atoms with Crippen molar-refractivity contribution in [1.29, 1.82) is 0 Å². The Labute approximate surface area is 147 Å². The molecule has 1 fully saturated rings. The maximum Gasteiger partial charge on any atom is 0.240 e. The van der Waals surface area contributed by atoms with Gasteiger partial charge in [0, 0.05) is 29.3 Å². The molecule has 1 aromatic carbocycles. The molecule has 0 bridgehead atoms. The number of nitrogens with one attached hydrogen (secondary N) is 2. The van der Waals surface area contributed by atoms with E-state index in [0.29, 0.717) is 16.6 Å². The van der Waals surface area contributed by atoms with Gasteiger partial charge in [0.2, 0.25) is 11.8 Å². The van der Waals surface area contributed by atoms with Gasteiger partial charge in [-0.1, -0.05) is 24.6 Å². The molecule has 5 nitrogen and oxygen atoms in total. The molecule has 0 aliphatic heterocycles. The first-order chi connectivity index (χ1) is 11.5. The number of halogens is 1. The summed E-state index contributed by atoms with van der Waals surface area (Å²) in [5.74, 6) is 0.175. The largest absolute Gasteiger partial charge is 0.326 e. The molecule has 0 aromatic heterocycles. The van der Waals surface area contributed by atoms with E-state index in [-0.39, 0.29) is 24.7 Å². The first-order valence-corrected chi connectivity index (χ1v) is 8.72. The second-order valence-electron chi connectivity index (χ2n) is 6.38. The van der Waals surface area contributed by atoms with Crippen LogP contribution < -0.4 is 10.7 Å². The normalized spacial score (nSPS) is 19.1. The zero-order valence-electron chi connectivity index (χ0n) is 14.2. The van der Waals surface area contributed by atoms with Crippen LogP contribution in [-0.2, 0) is 9.59 Å². The summed E-state index contributed by atoms with van der Waals surface area (Å²) in [4.78, 5) is 23.8. The lowest BCUT2D eigenvalue weighted by molar-refractivity contribution is -0.124. The highest BCUT2D eigenvalue weighted by molar-refractivity contribution is 6.31. The fourth-order valence-corrected chi connectivity index (χ4v) is 2.92. The van der Waals surface area contributed by atoms with Gasteiger partial charge in [0.15, 0.2) is 0 Å². The Bertz CT molecular complexity index is 643. The van der Waals surface area contributed by atoms with Gasteiger partial charge >= 0.3 is 0 Å². The van der Waals surface area contributed by atoms with Crippen LogP contribution in [-0.4, -0.2) is 17.5 Å². The molecule has 0 heterocycles. The molecule has 1 saturated carbocycles. The molecule has 0 spiro atoms. The molecule has 130 valence electrons. The second-order valence-corrected chi connectivity index (χ2v) is 6.78. The number of carbonyl (C=O) groups excluding carboxylic acids is 2. The van der Waals surface area contributed by atoms with Crippen molar-refractivity contribution in [2.24, 2.45) is 11.0 Å². The lowest BCUT2D eigenvalue weighted by atomic mass is 9.89. The van der Waals surface area contributed by atoms with Gasteiger partial charge in [-0.05, 0) is 56.2 Å². The van der Waals surface area contributed by atoms with Crippen LogP contribution in [0.15, 0.2) is 23.3 Å². The molecule has 2 amide bonds. The minimum Gasteiger partial charge on any atom is -0.326 e. The zero-order chi connectivity index (χ0) is 17.5. The Kier molecular flexibility index (Phi) is 6.79. The van der Waals surface area contributed by atoms with Crippen LogP contribution in [0, 0.1) is 12.8 Å². The summed E-state index contributed by atoms with van der Waals surface area (Å²) in [5.41, 5.74) is 5.09. The second kappa shape index (κ2) is 8.83. The summed E-state index contributed by atoms with van der Waals surface area (Å²) in [6.07, 6.45) is 4.44. The van der Waals surface area contributed by atoms with E-state index in [4.69, 9.17) is 11.6 Å². The SMILES string of the molecule is Cc1c(Cl)cccc1NC(=O)CCC(=O)N/N=C1\CCC[C@@H](C)C1. The molecule has 0 radical (unpaired) electrons. The molecule has 6 heteroatoms. The highest BCUT2D eigenvalue weighted by Gasteiger charge is 2.14. The van der Waals surface area contributed by atoms with E-state index in [0.717, 1.165) is 30.5 Å². The smallest absolute Gasteiger partial charge is 0.240 e. The molecule has 2 N–H and O–H groups in total. The van der Waals surface area contributed by atoms with Gasteiger partial charge in [-0.2, -0.15) is 5.10 Å². The van der Waals surface area contributed by atoms with Gasteiger partial charge in [-0.25, -0.2) is 5.43 Å². The number of hydrazone groups is 1. The highest BCUT2D eigenvalue weighted by Crippen LogP contribution is 2.23. The van der Waals surface area contributed by atoms with Gasteiger partial charge in [-0.3, -0.25) is 9.59 Å². The van der Waals surface area contributed by atoms with Crippen LogP contribution in [0.1, 0.15) is 51.0 Å². The lowest BCUT2D eigenvalue weighted by Gasteiger charge is -2.18. The van der Waals surface area contributed by atoms with Crippen LogP contribution in [0.3, 0.4) is 0 Å². The minimum absolute atomic E-state index is 0.109. The van der Waals surface area contributed by atoms with Crippen molar-refractivity contribution >= 4 is 34.8 Å². The Morgan fingerprint density at radius 2 is 2.04 bits per heavy atom. The summed E-state index contributed by atoms with van der Waals surface area (Å²) in [5, 5.41) is 7.57. The highest BCUT2D eigenvalue weighted by atomic mass is 35.5. The molecule has 1 aliphatic carbocycles. The number of hydrogen-bond donors (Lipinski definition) is 2. The van der Waals surface area contributed by atoms with Crippen molar-refractivity contribution in [3.05, 3.63) is 28.8 Å². The van der Waals surface area contributed by atoms with E-state index in [9.17, 15) is 9.59 Å². The van der Waals surface area contributed by atoms with Crippen LogP contribution >= 0.6 is 11.6 Å². The molecular formula is C18H24ClN3O2. The van der Waals surface area contributed by atoms with Crippen molar-refractivity contribution < 1.29 is 9.59 Å². The fourth-order valence-electron chi connectivity index (χ4n) is 2.74. The van der Waals surface area contributed by atoms with Gasteiger partial charge in [0.25, 0.3) is 0 Å². The number of carbonyl (C=O) groups is 2. The van der Waals surface area contributed by atoms with Gasteiger partial charge in [-0.15, -0.1) is 0 Å². The van der Waals surface area contributed by atoms with E-state index in [2.05, 4.69) is 22.8 Å². The average Bonchev–Trinajstić information content (AvgIpc) is 2.55. The Morgan fingerprint density at radius 3 is 2.79 bits per heavy atom. The van der Waals surface area contributed by atoms with Crippen molar-refractivity contribution in [1.82, 2.24) is 5.43 Å². The van der Waals surface area contributed by atoms with Crippen molar-refractivity contribution in [2.45, 2.75) is 52.4 Å². The fraction of sp³-hybridized carbons (Fsp3) is 0.500. The minimum atomic E-state index is -0.237. The third kappa shape index (κ3) is 5.64. The summed E-state index contributed by atoms with van der Waals surface area (Å²) in [6, 6.07) is 5.33. The molecule has 2 rings (SSSR count). The van der Waals surface area contributed by atoms with E-state index in [1.54, 1.807) is 18.2 Å². The van der Waals surface area contributed by atoms with Gasteiger partial charge in [0.05, 0.1) is 0 Å². The maximum atomic E-state index is 12.0. The Morgan fingerprint density at radius 1 is 1.29 bits per heavy atom. The van der Waals surface area contributed by atoms with Gasteiger partial charge in [0.1, 0.15) is 0 Å².